The molecule has 0 aliphatic rings. The number of ether oxygens (including phenoxy) is 1. The second kappa shape index (κ2) is 8.74. The van der Waals surface area contributed by atoms with Crippen LogP contribution in [0.15, 0.2) is 47.8 Å². The Hall–Kier alpha value is -2.78. The normalized spacial score (nSPS) is 10.8. The minimum atomic E-state index is -0.495. The fourth-order valence-corrected chi connectivity index (χ4v) is 3.39. The highest BCUT2D eigenvalue weighted by molar-refractivity contribution is 7.99. The monoisotopic (exact) mass is 387 g/mol. The molecule has 8 nitrogen and oxygen atoms in total. The van der Waals surface area contributed by atoms with Crippen LogP contribution in [0.3, 0.4) is 0 Å². The third kappa shape index (κ3) is 4.50. The zero-order valence-corrected chi connectivity index (χ0v) is 15.9. The average molecular weight is 387 g/mol. The summed E-state index contributed by atoms with van der Waals surface area (Å²) in [6.45, 7) is 2.54. The Morgan fingerprint density at radius 3 is 2.67 bits per heavy atom. The summed E-state index contributed by atoms with van der Waals surface area (Å²) in [6, 6.07) is 11.6. The predicted octanol–water partition coefficient (Wildman–Crippen LogP) is 2.19. The summed E-state index contributed by atoms with van der Waals surface area (Å²) >= 11 is 1.21. The highest BCUT2D eigenvalue weighted by Crippen LogP contribution is 2.25. The minimum absolute atomic E-state index is 0.0375. The Balaban J connectivity index is 1.94. The van der Waals surface area contributed by atoms with Crippen molar-refractivity contribution in [2.45, 2.75) is 18.5 Å². The maximum absolute atomic E-state index is 11.4. The molecular formula is C18H21N5O3S. The van der Waals surface area contributed by atoms with Crippen LogP contribution in [0.2, 0.25) is 0 Å². The molecule has 0 aliphatic carbocycles. The topological polar surface area (TPSA) is 94.2 Å². The van der Waals surface area contributed by atoms with Gasteiger partial charge in [0.1, 0.15) is 11.6 Å². The number of nitrogens with zero attached hydrogens (tertiary/aromatic N) is 4. The lowest BCUT2D eigenvalue weighted by Gasteiger charge is -2.11. The van der Waals surface area contributed by atoms with E-state index in [-0.39, 0.29) is 5.75 Å². The Kier molecular flexibility index (Phi) is 6.15. The van der Waals surface area contributed by atoms with E-state index in [1.807, 2.05) is 65.7 Å². The first-order valence-corrected chi connectivity index (χ1v) is 9.44. The van der Waals surface area contributed by atoms with Gasteiger partial charge in [-0.1, -0.05) is 11.8 Å². The molecule has 3 aromatic rings. The summed E-state index contributed by atoms with van der Waals surface area (Å²) < 4.78 is 9.45. The Morgan fingerprint density at radius 1 is 1.26 bits per heavy atom. The summed E-state index contributed by atoms with van der Waals surface area (Å²) in [4.78, 5) is 11.4. The lowest BCUT2D eigenvalue weighted by atomic mass is 10.2. The van der Waals surface area contributed by atoms with Crippen LogP contribution in [0, 0.1) is 0 Å². The molecule has 2 N–H and O–H groups in total. The highest BCUT2D eigenvalue weighted by atomic mass is 32.2. The lowest BCUT2D eigenvalue weighted by Crippen LogP contribution is -2.20. The van der Waals surface area contributed by atoms with Crippen LogP contribution in [-0.4, -0.2) is 42.8 Å². The molecule has 0 unspecified atom stereocenters. The molecule has 0 spiro atoms. The van der Waals surface area contributed by atoms with Crippen LogP contribution in [0.1, 0.15) is 18.4 Å². The largest absolute Gasteiger partial charge is 0.494 e. The number of hydroxylamine groups is 1. The van der Waals surface area contributed by atoms with Gasteiger partial charge in [-0.2, -0.15) is 0 Å². The molecule has 2 heterocycles. The number of thioether (sulfide) groups is 1. The van der Waals surface area contributed by atoms with E-state index in [9.17, 15) is 4.79 Å². The van der Waals surface area contributed by atoms with Crippen LogP contribution in [0.5, 0.6) is 5.75 Å². The molecule has 0 radical (unpaired) electrons. The van der Waals surface area contributed by atoms with Gasteiger partial charge in [-0.05, 0) is 43.3 Å². The van der Waals surface area contributed by atoms with Crippen LogP contribution in [-0.2, 0) is 18.3 Å². The standard InChI is InChI=1S/C18H21N5O3S/c1-3-26-15-8-6-13(7-9-15)23-16(11-14-5-4-10-22(14)2)19-20-18(23)27-12-17(24)21-25/h4-10,25H,3,11-12H2,1-2H3,(H,21,24). The van der Waals surface area contributed by atoms with Crippen LogP contribution in [0.4, 0.5) is 0 Å². The quantitative estimate of drug-likeness (QED) is 0.350. The number of aromatic nitrogens is 4. The summed E-state index contributed by atoms with van der Waals surface area (Å²) in [5, 5.41) is 17.9. The van der Waals surface area contributed by atoms with E-state index in [2.05, 4.69) is 10.2 Å². The first-order valence-electron chi connectivity index (χ1n) is 8.45. The van der Waals surface area contributed by atoms with Crippen molar-refractivity contribution in [3.8, 4) is 11.4 Å². The molecule has 3 rings (SSSR count). The summed E-state index contributed by atoms with van der Waals surface area (Å²) in [5.41, 5.74) is 3.60. The molecule has 0 fully saturated rings. The van der Waals surface area contributed by atoms with Crippen LogP contribution < -0.4 is 10.2 Å². The molecular weight excluding hydrogens is 366 g/mol. The summed E-state index contributed by atoms with van der Waals surface area (Å²) in [5.74, 6) is 1.08. The maximum Gasteiger partial charge on any atom is 0.253 e. The Labute approximate surface area is 161 Å². The zero-order valence-electron chi connectivity index (χ0n) is 15.1. The van der Waals surface area contributed by atoms with E-state index in [0.29, 0.717) is 18.2 Å². The van der Waals surface area contributed by atoms with Gasteiger partial charge >= 0.3 is 0 Å². The molecule has 27 heavy (non-hydrogen) atoms. The van der Waals surface area contributed by atoms with Gasteiger partial charge in [-0.25, -0.2) is 5.48 Å². The van der Waals surface area contributed by atoms with Crippen LogP contribution >= 0.6 is 11.8 Å². The number of carbonyl (C=O) groups excluding carboxylic acids is 1. The van der Waals surface area contributed by atoms with Gasteiger partial charge in [0.15, 0.2) is 5.16 Å². The van der Waals surface area contributed by atoms with E-state index in [4.69, 9.17) is 9.94 Å². The Morgan fingerprint density at radius 2 is 2.04 bits per heavy atom. The van der Waals surface area contributed by atoms with Gasteiger partial charge in [-0.3, -0.25) is 14.6 Å². The number of aryl methyl sites for hydroxylation is 1. The summed E-state index contributed by atoms with van der Waals surface area (Å²) in [7, 11) is 1.98. The van der Waals surface area contributed by atoms with Crippen molar-refractivity contribution in [3.05, 3.63) is 54.1 Å². The number of carbonyl (C=O) groups is 1. The highest BCUT2D eigenvalue weighted by Gasteiger charge is 2.17. The van der Waals surface area contributed by atoms with Gasteiger partial charge in [-0.15, -0.1) is 10.2 Å². The number of rotatable bonds is 8. The van der Waals surface area contributed by atoms with Crippen molar-refractivity contribution >= 4 is 17.7 Å². The van der Waals surface area contributed by atoms with E-state index < -0.39 is 5.91 Å². The fraction of sp³-hybridized carbons (Fsp3) is 0.278. The molecule has 1 aromatic carbocycles. The number of benzene rings is 1. The van der Waals surface area contributed by atoms with Gasteiger partial charge in [0.05, 0.1) is 12.4 Å². The van der Waals surface area contributed by atoms with Crippen molar-refractivity contribution in [2.75, 3.05) is 12.4 Å². The fourth-order valence-electron chi connectivity index (χ4n) is 2.63. The van der Waals surface area contributed by atoms with Crippen molar-refractivity contribution in [1.82, 2.24) is 24.8 Å². The molecule has 0 aliphatic heterocycles. The molecule has 0 saturated heterocycles. The second-order valence-electron chi connectivity index (χ2n) is 5.77. The zero-order chi connectivity index (χ0) is 19.2. The average Bonchev–Trinajstić information content (AvgIpc) is 3.27. The third-order valence-electron chi connectivity index (χ3n) is 3.95. The molecule has 0 saturated carbocycles. The smallest absolute Gasteiger partial charge is 0.253 e. The van der Waals surface area contributed by atoms with E-state index in [1.165, 1.54) is 11.8 Å². The van der Waals surface area contributed by atoms with Crippen molar-refractivity contribution in [1.29, 1.82) is 0 Å². The third-order valence-corrected chi connectivity index (χ3v) is 4.88. The second-order valence-corrected chi connectivity index (χ2v) is 6.71. The lowest BCUT2D eigenvalue weighted by molar-refractivity contribution is -0.126. The van der Waals surface area contributed by atoms with E-state index >= 15 is 0 Å². The predicted molar refractivity (Wildman–Crippen MR) is 101 cm³/mol. The van der Waals surface area contributed by atoms with E-state index in [1.54, 1.807) is 5.48 Å². The van der Waals surface area contributed by atoms with Crippen molar-refractivity contribution < 1.29 is 14.7 Å². The van der Waals surface area contributed by atoms with Crippen molar-refractivity contribution in [3.63, 3.8) is 0 Å². The molecule has 2 aromatic heterocycles. The van der Waals surface area contributed by atoms with Gasteiger partial charge < -0.3 is 9.30 Å². The molecule has 142 valence electrons. The minimum Gasteiger partial charge on any atom is -0.494 e. The maximum atomic E-state index is 11.4. The number of nitrogens with one attached hydrogen (secondary N) is 1. The molecule has 0 atom stereocenters. The SMILES string of the molecule is CCOc1ccc(-n2c(Cc3cccn3C)nnc2SCC(=O)NO)cc1. The first kappa shape index (κ1) is 19.0. The van der Waals surface area contributed by atoms with Crippen molar-refractivity contribution in [2.24, 2.45) is 7.05 Å². The number of hydrogen-bond acceptors (Lipinski definition) is 6. The van der Waals surface area contributed by atoms with Gasteiger partial charge in [0.25, 0.3) is 5.91 Å². The number of hydrogen-bond donors (Lipinski definition) is 2. The molecule has 0 bridgehead atoms. The summed E-state index contributed by atoms with van der Waals surface area (Å²) in [6.07, 6.45) is 2.57. The molecule has 9 heteroatoms. The number of amides is 1. The van der Waals surface area contributed by atoms with Crippen LogP contribution in [0.25, 0.3) is 5.69 Å². The van der Waals surface area contributed by atoms with Gasteiger partial charge in [0.2, 0.25) is 0 Å². The van der Waals surface area contributed by atoms with Gasteiger partial charge in [0, 0.05) is 31.0 Å². The van der Waals surface area contributed by atoms with E-state index in [0.717, 1.165) is 23.0 Å². The Bertz CT molecular complexity index is 904. The molecule has 1 amide bonds. The first-order chi connectivity index (χ1) is 13.1.